The van der Waals surface area contributed by atoms with Gasteiger partial charge in [0.1, 0.15) is 5.60 Å². The molecule has 0 saturated carbocycles. The molecule has 2 rings (SSSR count). The van der Waals surface area contributed by atoms with E-state index in [-0.39, 0.29) is 11.5 Å². The van der Waals surface area contributed by atoms with Crippen molar-refractivity contribution in [2.24, 2.45) is 5.92 Å². The van der Waals surface area contributed by atoms with Crippen LogP contribution in [0.4, 0.5) is 0 Å². The molecule has 0 aromatic heterocycles. The Morgan fingerprint density at radius 2 is 2.31 bits per heavy atom. The van der Waals surface area contributed by atoms with Crippen LogP contribution in [0, 0.1) is 5.92 Å². The van der Waals surface area contributed by atoms with E-state index in [4.69, 9.17) is 9.47 Å². The molecule has 2 heterocycles. The lowest BCUT2D eigenvalue weighted by molar-refractivity contribution is -0.168. The fourth-order valence-corrected chi connectivity index (χ4v) is 2.72. The van der Waals surface area contributed by atoms with Crippen molar-refractivity contribution in [3.8, 4) is 0 Å². The molecule has 1 unspecified atom stereocenters. The molecule has 1 atom stereocenters. The zero-order chi connectivity index (χ0) is 11.6. The molecule has 0 aliphatic carbocycles. The standard InChI is InChI=1S/C12H21NO3/c1-3-4-11(14)13-8-12(9-13)10(7-15-2)5-6-16-12/h10H,3-9H2,1-2H3. The summed E-state index contributed by atoms with van der Waals surface area (Å²) in [6.07, 6.45) is 2.64. The van der Waals surface area contributed by atoms with Gasteiger partial charge < -0.3 is 14.4 Å². The smallest absolute Gasteiger partial charge is 0.222 e. The van der Waals surface area contributed by atoms with Crippen LogP contribution in [0.1, 0.15) is 26.2 Å². The van der Waals surface area contributed by atoms with Crippen molar-refractivity contribution in [1.29, 1.82) is 0 Å². The maximum absolute atomic E-state index is 11.7. The van der Waals surface area contributed by atoms with E-state index in [1.165, 1.54) is 0 Å². The molecular weight excluding hydrogens is 206 g/mol. The number of amides is 1. The van der Waals surface area contributed by atoms with Gasteiger partial charge in [0.05, 0.1) is 19.7 Å². The highest BCUT2D eigenvalue weighted by Crippen LogP contribution is 2.40. The van der Waals surface area contributed by atoms with Crippen LogP contribution in [0.25, 0.3) is 0 Å². The van der Waals surface area contributed by atoms with Gasteiger partial charge in [-0.05, 0) is 12.8 Å². The van der Waals surface area contributed by atoms with Crippen molar-refractivity contribution < 1.29 is 14.3 Å². The zero-order valence-electron chi connectivity index (χ0n) is 10.2. The van der Waals surface area contributed by atoms with E-state index in [1.54, 1.807) is 7.11 Å². The first-order chi connectivity index (χ1) is 7.72. The Morgan fingerprint density at radius 1 is 1.56 bits per heavy atom. The molecule has 0 N–H and O–H groups in total. The fourth-order valence-electron chi connectivity index (χ4n) is 2.72. The van der Waals surface area contributed by atoms with Crippen molar-refractivity contribution in [1.82, 2.24) is 4.90 Å². The van der Waals surface area contributed by atoms with Crippen molar-refractivity contribution >= 4 is 5.91 Å². The Morgan fingerprint density at radius 3 is 2.94 bits per heavy atom. The van der Waals surface area contributed by atoms with E-state index >= 15 is 0 Å². The van der Waals surface area contributed by atoms with Crippen LogP contribution < -0.4 is 0 Å². The Balaban J connectivity index is 1.87. The maximum Gasteiger partial charge on any atom is 0.222 e. The van der Waals surface area contributed by atoms with E-state index in [1.807, 2.05) is 11.8 Å². The second kappa shape index (κ2) is 4.72. The summed E-state index contributed by atoms with van der Waals surface area (Å²) in [7, 11) is 1.73. The minimum absolute atomic E-state index is 0.0839. The SMILES string of the molecule is CCCC(=O)N1CC2(C1)OCCC2COC. The van der Waals surface area contributed by atoms with Crippen molar-refractivity contribution in [2.45, 2.75) is 31.8 Å². The molecule has 16 heavy (non-hydrogen) atoms. The van der Waals surface area contributed by atoms with Gasteiger partial charge in [0, 0.05) is 26.1 Å². The molecule has 2 saturated heterocycles. The molecule has 0 aromatic rings. The van der Waals surface area contributed by atoms with Crippen LogP contribution in [-0.2, 0) is 14.3 Å². The molecule has 0 aromatic carbocycles. The molecule has 0 bridgehead atoms. The van der Waals surface area contributed by atoms with Gasteiger partial charge in [-0.3, -0.25) is 4.79 Å². The third-order valence-corrected chi connectivity index (χ3v) is 3.70. The highest BCUT2D eigenvalue weighted by atomic mass is 16.5. The predicted molar refractivity (Wildman–Crippen MR) is 60.2 cm³/mol. The molecule has 4 nitrogen and oxygen atoms in total. The molecule has 2 aliphatic heterocycles. The van der Waals surface area contributed by atoms with Crippen LogP contribution in [0.3, 0.4) is 0 Å². The van der Waals surface area contributed by atoms with E-state index in [0.717, 1.165) is 39.1 Å². The van der Waals surface area contributed by atoms with Gasteiger partial charge in [0.15, 0.2) is 0 Å². The van der Waals surface area contributed by atoms with Gasteiger partial charge in [-0.2, -0.15) is 0 Å². The minimum atomic E-state index is -0.0839. The fraction of sp³-hybridized carbons (Fsp3) is 0.917. The number of carbonyl (C=O) groups excluding carboxylic acids is 1. The monoisotopic (exact) mass is 227 g/mol. The topological polar surface area (TPSA) is 38.8 Å². The third kappa shape index (κ3) is 1.96. The van der Waals surface area contributed by atoms with Gasteiger partial charge >= 0.3 is 0 Å². The van der Waals surface area contributed by atoms with Crippen LogP contribution in [0.5, 0.6) is 0 Å². The van der Waals surface area contributed by atoms with E-state index < -0.39 is 0 Å². The van der Waals surface area contributed by atoms with E-state index in [2.05, 4.69) is 0 Å². The summed E-state index contributed by atoms with van der Waals surface area (Å²) in [4.78, 5) is 13.6. The Labute approximate surface area is 96.9 Å². The number of nitrogens with zero attached hydrogens (tertiary/aromatic N) is 1. The normalized spacial score (nSPS) is 27.1. The molecular formula is C12H21NO3. The van der Waals surface area contributed by atoms with Gasteiger partial charge in [-0.15, -0.1) is 0 Å². The molecule has 0 radical (unpaired) electrons. The van der Waals surface area contributed by atoms with Gasteiger partial charge in [-0.1, -0.05) is 6.92 Å². The van der Waals surface area contributed by atoms with Gasteiger partial charge in [0.2, 0.25) is 5.91 Å². The largest absolute Gasteiger partial charge is 0.384 e. The summed E-state index contributed by atoms with van der Waals surface area (Å²) in [6.45, 7) is 5.12. The average molecular weight is 227 g/mol. The highest BCUT2D eigenvalue weighted by molar-refractivity contribution is 5.77. The number of carbonyl (C=O) groups is 1. The van der Waals surface area contributed by atoms with E-state index in [0.29, 0.717) is 12.3 Å². The summed E-state index contributed by atoms with van der Waals surface area (Å²) < 4.78 is 11.0. The summed E-state index contributed by atoms with van der Waals surface area (Å²) >= 11 is 0. The number of rotatable bonds is 4. The Bertz CT molecular complexity index is 261. The molecule has 1 amide bonds. The van der Waals surface area contributed by atoms with Crippen LogP contribution in [-0.4, -0.2) is 49.8 Å². The Hall–Kier alpha value is -0.610. The number of hydrogen-bond donors (Lipinski definition) is 0. The first kappa shape index (κ1) is 11.9. The predicted octanol–water partition coefficient (Wildman–Crippen LogP) is 1.05. The first-order valence-corrected chi connectivity index (χ1v) is 6.12. The summed E-state index contributed by atoms with van der Waals surface area (Å²) in [5.74, 6) is 0.725. The average Bonchev–Trinajstić information content (AvgIpc) is 2.60. The third-order valence-electron chi connectivity index (χ3n) is 3.70. The number of hydrogen-bond acceptors (Lipinski definition) is 3. The molecule has 92 valence electrons. The highest BCUT2D eigenvalue weighted by Gasteiger charge is 2.54. The summed E-state index contributed by atoms with van der Waals surface area (Å²) in [5.41, 5.74) is -0.0839. The van der Waals surface area contributed by atoms with Gasteiger partial charge in [0.25, 0.3) is 0 Å². The van der Waals surface area contributed by atoms with Crippen LogP contribution in [0.2, 0.25) is 0 Å². The lowest BCUT2D eigenvalue weighted by Crippen LogP contribution is -2.66. The number of likely N-dealkylation sites (tertiary alicyclic amines) is 1. The second-order valence-corrected chi connectivity index (χ2v) is 4.85. The van der Waals surface area contributed by atoms with Crippen molar-refractivity contribution in [3.05, 3.63) is 0 Å². The Kier molecular flexibility index (Phi) is 3.50. The minimum Gasteiger partial charge on any atom is -0.384 e. The van der Waals surface area contributed by atoms with Gasteiger partial charge in [-0.25, -0.2) is 0 Å². The molecule has 2 aliphatic rings. The lowest BCUT2D eigenvalue weighted by Gasteiger charge is -2.50. The van der Waals surface area contributed by atoms with Crippen LogP contribution >= 0.6 is 0 Å². The molecule has 1 spiro atoms. The molecule has 2 fully saturated rings. The number of methoxy groups -OCH3 is 1. The van der Waals surface area contributed by atoms with Crippen molar-refractivity contribution in [3.63, 3.8) is 0 Å². The maximum atomic E-state index is 11.7. The van der Waals surface area contributed by atoms with Crippen molar-refractivity contribution in [2.75, 3.05) is 33.4 Å². The first-order valence-electron chi connectivity index (χ1n) is 6.12. The number of ether oxygens (including phenoxy) is 2. The summed E-state index contributed by atoms with van der Waals surface area (Å²) in [5, 5.41) is 0. The second-order valence-electron chi connectivity index (χ2n) is 4.85. The van der Waals surface area contributed by atoms with E-state index in [9.17, 15) is 4.79 Å². The zero-order valence-corrected chi connectivity index (χ0v) is 10.2. The molecule has 4 heteroatoms. The van der Waals surface area contributed by atoms with Crippen LogP contribution in [0.15, 0.2) is 0 Å². The quantitative estimate of drug-likeness (QED) is 0.720. The lowest BCUT2D eigenvalue weighted by atomic mass is 9.81. The summed E-state index contributed by atoms with van der Waals surface area (Å²) in [6, 6.07) is 0.